The second-order valence-electron chi connectivity index (χ2n) is 7.52. The number of nitrogens with one attached hydrogen (secondary N) is 1. The Hall–Kier alpha value is -3.10. The summed E-state index contributed by atoms with van der Waals surface area (Å²) in [5.74, 6) is 0.970. The fraction of sp³-hybridized carbons (Fsp3) is 0.435. The summed E-state index contributed by atoms with van der Waals surface area (Å²) in [7, 11) is 0. The van der Waals surface area contributed by atoms with Gasteiger partial charge in [-0.15, -0.1) is 0 Å². The van der Waals surface area contributed by atoms with E-state index in [0.29, 0.717) is 32.8 Å². The molecule has 6 nitrogen and oxygen atoms in total. The number of halogens is 3. The van der Waals surface area contributed by atoms with Crippen molar-refractivity contribution in [1.29, 1.82) is 0 Å². The number of carbonyl (C=O) groups is 1. The Labute approximate surface area is 185 Å². The summed E-state index contributed by atoms with van der Waals surface area (Å²) in [5, 5.41) is 2.95. The number of nitrogens with zero attached hydrogens (tertiary/aromatic N) is 2. The summed E-state index contributed by atoms with van der Waals surface area (Å²) in [6.45, 7) is 5.56. The van der Waals surface area contributed by atoms with E-state index in [4.69, 9.17) is 9.47 Å². The van der Waals surface area contributed by atoms with Gasteiger partial charge >= 0.3 is 12.2 Å². The molecule has 1 heterocycles. The molecule has 1 atom stereocenters. The van der Waals surface area contributed by atoms with Crippen molar-refractivity contribution in [2.24, 2.45) is 0 Å². The zero-order chi connectivity index (χ0) is 23.1. The van der Waals surface area contributed by atoms with Crippen LogP contribution in [-0.4, -0.2) is 56.5 Å². The largest absolute Gasteiger partial charge is 0.492 e. The van der Waals surface area contributed by atoms with Crippen LogP contribution in [0.5, 0.6) is 11.5 Å². The van der Waals surface area contributed by atoms with E-state index in [2.05, 4.69) is 10.2 Å². The number of ether oxygens (including phenoxy) is 2. The quantitative estimate of drug-likeness (QED) is 0.668. The van der Waals surface area contributed by atoms with Crippen molar-refractivity contribution >= 4 is 11.7 Å². The van der Waals surface area contributed by atoms with Crippen LogP contribution in [0.2, 0.25) is 0 Å². The number of carbonyl (C=O) groups excluding carboxylic acids is 1. The van der Waals surface area contributed by atoms with Gasteiger partial charge in [0, 0.05) is 26.2 Å². The molecule has 1 aliphatic heterocycles. The predicted octanol–water partition coefficient (Wildman–Crippen LogP) is 4.62. The van der Waals surface area contributed by atoms with Crippen molar-refractivity contribution < 1.29 is 27.4 Å². The lowest BCUT2D eigenvalue weighted by molar-refractivity contribution is -0.153. The van der Waals surface area contributed by atoms with Gasteiger partial charge in [0.15, 0.2) is 6.61 Å². The maximum Gasteiger partial charge on any atom is 0.422 e. The molecule has 0 bridgehead atoms. The number of rotatable bonds is 7. The number of benzene rings is 2. The Bertz CT molecular complexity index is 882. The third kappa shape index (κ3) is 6.45. The summed E-state index contributed by atoms with van der Waals surface area (Å²) in [6.07, 6.45) is -4.38. The maximum atomic E-state index is 12.7. The molecular weight excluding hydrogens is 423 g/mol. The van der Waals surface area contributed by atoms with E-state index in [0.717, 1.165) is 17.0 Å². The van der Waals surface area contributed by atoms with Crippen molar-refractivity contribution in [3.05, 3.63) is 54.1 Å². The lowest BCUT2D eigenvalue weighted by Crippen LogP contribution is -2.52. The molecule has 0 radical (unpaired) electrons. The van der Waals surface area contributed by atoms with Crippen LogP contribution in [0.1, 0.15) is 25.5 Å². The Kier molecular flexibility index (Phi) is 7.71. The summed E-state index contributed by atoms with van der Waals surface area (Å²) in [5.41, 5.74) is 1.80. The molecule has 0 aromatic heterocycles. The molecule has 1 N–H and O–H groups in total. The number of alkyl halides is 3. The average molecular weight is 451 g/mol. The average Bonchev–Trinajstić information content (AvgIpc) is 2.78. The highest BCUT2D eigenvalue weighted by Crippen LogP contribution is 2.29. The molecule has 2 aromatic carbocycles. The van der Waals surface area contributed by atoms with Gasteiger partial charge in [-0.3, -0.25) is 0 Å². The number of hydrogen-bond acceptors (Lipinski definition) is 4. The normalized spacial score (nSPS) is 15.3. The van der Waals surface area contributed by atoms with E-state index >= 15 is 0 Å². The molecule has 3 rings (SSSR count). The first-order chi connectivity index (χ1) is 15.3. The van der Waals surface area contributed by atoms with Gasteiger partial charge in [0.1, 0.15) is 11.5 Å². The number of anilines is 1. The molecule has 174 valence electrons. The maximum absolute atomic E-state index is 12.7. The minimum Gasteiger partial charge on any atom is -0.492 e. The van der Waals surface area contributed by atoms with Crippen LogP contribution in [0, 0.1) is 0 Å². The monoisotopic (exact) mass is 451 g/mol. The summed E-state index contributed by atoms with van der Waals surface area (Å²) < 4.78 is 47.2. The van der Waals surface area contributed by atoms with E-state index in [9.17, 15) is 18.0 Å². The van der Waals surface area contributed by atoms with Gasteiger partial charge < -0.3 is 24.6 Å². The molecule has 2 amide bonds. The van der Waals surface area contributed by atoms with E-state index < -0.39 is 12.8 Å². The van der Waals surface area contributed by atoms with E-state index in [-0.39, 0.29) is 17.8 Å². The van der Waals surface area contributed by atoms with Gasteiger partial charge in [-0.25, -0.2) is 4.79 Å². The van der Waals surface area contributed by atoms with Gasteiger partial charge in [0.25, 0.3) is 0 Å². The van der Waals surface area contributed by atoms with Gasteiger partial charge in [-0.05, 0) is 43.7 Å². The van der Waals surface area contributed by atoms with E-state index in [1.165, 1.54) is 12.1 Å². The highest BCUT2D eigenvalue weighted by molar-refractivity contribution is 5.75. The molecule has 1 unspecified atom stereocenters. The van der Waals surface area contributed by atoms with E-state index in [1.807, 2.05) is 38.1 Å². The molecule has 1 aliphatic rings. The molecule has 2 aromatic rings. The number of urea groups is 1. The topological polar surface area (TPSA) is 54.0 Å². The molecule has 32 heavy (non-hydrogen) atoms. The second kappa shape index (κ2) is 10.5. The number of piperazine rings is 1. The third-order valence-electron chi connectivity index (χ3n) is 5.20. The summed E-state index contributed by atoms with van der Waals surface area (Å²) in [6, 6.07) is 13.6. The van der Waals surface area contributed by atoms with Crippen LogP contribution in [0.4, 0.5) is 23.7 Å². The molecular formula is C23H28F3N3O3. The summed E-state index contributed by atoms with van der Waals surface area (Å²) in [4.78, 5) is 16.7. The van der Waals surface area contributed by atoms with Crippen molar-refractivity contribution in [3.8, 4) is 11.5 Å². The van der Waals surface area contributed by atoms with Crippen LogP contribution in [0.15, 0.2) is 48.5 Å². The van der Waals surface area contributed by atoms with Crippen molar-refractivity contribution in [1.82, 2.24) is 10.2 Å². The van der Waals surface area contributed by atoms with Gasteiger partial charge in [-0.2, -0.15) is 13.2 Å². The van der Waals surface area contributed by atoms with Crippen molar-refractivity contribution in [2.45, 2.75) is 26.1 Å². The first-order valence-electron chi connectivity index (χ1n) is 10.6. The van der Waals surface area contributed by atoms with Crippen LogP contribution < -0.4 is 19.7 Å². The van der Waals surface area contributed by atoms with E-state index in [1.54, 1.807) is 17.0 Å². The van der Waals surface area contributed by atoms with Gasteiger partial charge in [0.2, 0.25) is 0 Å². The highest BCUT2D eigenvalue weighted by atomic mass is 19.4. The Balaban J connectivity index is 1.50. The van der Waals surface area contributed by atoms with Crippen LogP contribution in [0.25, 0.3) is 0 Å². The minimum atomic E-state index is -4.38. The molecule has 0 aliphatic carbocycles. The predicted molar refractivity (Wildman–Crippen MR) is 116 cm³/mol. The molecule has 1 fully saturated rings. The fourth-order valence-electron chi connectivity index (χ4n) is 3.52. The van der Waals surface area contributed by atoms with Crippen LogP contribution >= 0.6 is 0 Å². The number of para-hydroxylation sites is 2. The van der Waals surface area contributed by atoms with Gasteiger partial charge in [0.05, 0.1) is 18.3 Å². The second-order valence-corrected chi connectivity index (χ2v) is 7.52. The zero-order valence-electron chi connectivity index (χ0n) is 18.2. The summed E-state index contributed by atoms with van der Waals surface area (Å²) >= 11 is 0. The Morgan fingerprint density at radius 3 is 2.31 bits per heavy atom. The standard InChI is InChI=1S/C23H28F3N3O3/c1-3-31-21-7-5-4-6-20(21)28-12-14-29(15-13-28)22(30)27-17(2)18-8-10-19(11-9-18)32-16-23(24,25)26/h4-11,17H,3,12-16H2,1-2H3,(H,27,30). The Morgan fingerprint density at radius 2 is 1.69 bits per heavy atom. The SMILES string of the molecule is CCOc1ccccc1N1CCN(C(=O)NC(C)c2ccc(OCC(F)(F)F)cc2)CC1. The molecule has 0 spiro atoms. The molecule has 9 heteroatoms. The zero-order valence-corrected chi connectivity index (χ0v) is 18.2. The lowest BCUT2D eigenvalue weighted by Gasteiger charge is -2.37. The third-order valence-corrected chi connectivity index (χ3v) is 5.20. The number of amides is 2. The highest BCUT2D eigenvalue weighted by Gasteiger charge is 2.28. The van der Waals surface area contributed by atoms with Crippen molar-refractivity contribution in [2.75, 3.05) is 44.3 Å². The van der Waals surface area contributed by atoms with Gasteiger partial charge in [-0.1, -0.05) is 24.3 Å². The number of hydrogen-bond donors (Lipinski definition) is 1. The first-order valence-corrected chi connectivity index (χ1v) is 10.6. The fourth-order valence-corrected chi connectivity index (χ4v) is 3.52. The minimum absolute atomic E-state index is 0.132. The van der Waals surface area contributed by atoms with Crippen LogP contribution in [-0.2, 0) is 0 Å². The first kappa shape index (κ1) is 23.6. The molecule has 0 saturated carbocycles. The van der Waals surface area contributed by atoms with Crippen molar-refractivity contribution in [3.63, 3.8) is 0 Å². The van der Waals surface area contributed by atoms with Crippen LogP contribution in [0.3, 0.4) is 0 Å². The Morgan fingerprint density at radius 1 is 1.03 bits per heavy atom. The lowest BCUT2D eigenvalue weighted by atomic mass is 10.1. The smallest absolute Gasteiger partial charge is 0.422 e. The molecule has 1 saturated heterocycles.